The van der Waals surface area contributed by atoms with Gasteiger partial charge in [0, 0.05) is 59.2 Å². The number of carbonyl (C=O) groups excluding carboxylic acids is 1. The van der Waals surface area contributed by atoms with E-state index in [1.807, 2.05) is 65.9 Å². The average Bonchev–Trinajstić information content (AvgIpc) is 3.71. The minimum atomic E-state index is -1.86. The Bertz CT molecular complexity index is 2980. The summed E-state index contributed by atoms with van der Waals surface area (Å²) in [4.78, 5) is 25.8. The van der Waals surface area contributed by atoms with Crippen molar-refractivity contribution in [3.8, 4) is 5.82 Å². The zero-order valence-corrected chi connectivity index (χ0v) is 38.0. The van der Waals surface area contributed by atoms with E-state index in [4.69, 9.17) is 14.7 Å². The Kier molecular flexibility index (Phi) is 7.56. The molecule has 0 fully saturated rings. The van der Waals surface area contributed by atoms with E-state index in [0.29, 0.717) is 28.2 Å². The van der Waals surface area contributed by atoms with Crippen LogP contribution in [-0.2, 0) is 32.9 Å². The van der Waals surface area contributed by atoms with E-state index in [-0.39, 0.29) is 22.0 Å². The summed E-state index contributed by atoms with van der Waals surface area (Å²) in [6, 6.07) is 21.4. The molecule has 59 heavy (non-hydrogen) atoms. The molecule has 3 aliphatic rings. The molecule has 9 rings (SSSR count). The van der Waals surface area contributed by atoms with Crippen LogP contribution in [0.3, 0.4) is 0 Å². The summed E-state index contributed by atoms with van der Waals surface area (Å²) >= 11 is 0. The van der Waals surface area contributed by atoms with Gasteiger partial charge in [-0.25, -0.2) is 9.98 Å². The Hall–Kier alpha value is -5.03. The van der Waals surface area contributed by atoms with Gasteiger partial charge in [0.2, 0.25) is 5.90 Å². The van der Waals surface area contributed by atoms with E-state index in [0.717, 1.165) is 55.6 Å². The van der Waals surface area contributed by atoms with Crippen molar-refractivity contribution in [1.82, 2.24) is 9.55 Å². The van der Waals surface area contributed by atoms with E-state index < -0.39 is 22.9 Å². The molecule has 0 unspecified atom stereocenters. The van der Waals surface area contributed by atoms with Gasteiger partial charge in [0.15, 0.2) is 5.78 Å². The molecule has 0 saturated carbocycles. The van der Waals surface area contributed by atoms with Crippen LogP contribution in [-0.4, -0.2) is 26.8 Å². The number of hydrogen-bond acceptors (Lipinski definition) is 4. The van der Waals surface area contributed by atoms with Crippen LogP contribution in [0.1, 0.15) is 163 Å². The molecule has 4 aromatic carbocycles. The van der Waals surface area contributed by atoms with Gasteiger partial charge in [0.25, 0.3) is 0 Å². The fraction of sp³-hybridized carbons (Fsp3) is 0.426. The minimum Gasteiger partial charge on any atom is -0.467 e. The van der Waals surface area contributed by atoms with Gasteiger partial charge < -0.3 is 4.74 Å². The lowest BCUT2D eigenvalue weighted by atomic mass is 9.66. The Morgan fingerprint density at radius 3 is 2.05 bits per heavy atom. The molecule has 1 aliphatic carbocycles. The molecule has 304 valence electrons. The number of fused-ring (bicyclic) bond motifs is 8. The number of aryl methyl sites for hydroxylation is 4. The number of nitrogens with zero attached hydrogens (tertiary/aromatic N) is 3. The van der Waals surface area contributed by atoms with Crippen molar-refractivity contribution in [2.75, 3.05) is 0 Å². The van der Waals surface area contributed by atoms with Gasteiger partial charge in [-0.2, -0.15) is 0 Å². The molecule has 2 aromatic heterocycles. The number of carbonyl (C=O) groups is 1. The third-order valence-electron chi connectivity index (χ3n) is 14.0. The van der Waals surface area contributed by atoms with E-state index in [1.54, 1.807) is 0 Å². The normalized spacial score (nSPS) is 22.1. The number of ether oxygens (including phenoxy) is 1. The van der Waals surface area contributed by atoms with Crippen molar-refractivity contribution in [1.29, 1.82) is 0 Å². The predicted molar refractivity (Wildman–Crippen MR) is 244 cm³/mol. The second-order valence-corrected chi connectivity index (χ2v) is 21.7. The molecule has 0 bridgehead atoms. The summed E-state index contributed by atoms with van der Waals surface area (Å²) in [5.41, 5.74) is 10.5. The maximum Gasteiger partial charge on any atom is 0.217 e. The number of hydrogen-bond donors (Lipinski definition) is 0. The topological polar surface area (TPSA) is 56.5 Å². The zero-order valence-electron chi connectivity index (χ0n) is 40.0. The molecule has 4 heterocycles. The lowest BCUT2D eigenvalue weighted by Crippen LogP contribution is -2.54. The number of benzene rings is 4. The summed E-state index contributed by atoms with van der Waals surface area (Å²) in [5, 5.41) is 2.28. The van der Waals surface area contributed by atoms with E-state index in [2.05, 4.69) is 116 Å². The van der Waals surface area contributed by atoms with Crippen LogP contribution in [0.5, 0.6) is 0 Å². The minimum absolute atomic E-state index is 0.0683. The number of aromatic nitrogens is 2. The van der Waals surface area contributed by atoms with Crippen LogP contribution in [0.15, 0.2) is 71.9 Å². The van der Waals surface area contributed by atoms with E-state index in [1.165, 1.54) is 22.1 Å². The van der Waals surface area contributed by atoms with Gasteiger partial charge >= 0.3 is 0 Å². The lowest BCUT2D eigenvalue weighted by Gasteiger charge is -2.45. The van der Waals surface area contributed by atoms with Crippen molar-refractivity contribution < 1.29 is 12.3 Å². The highest BCUT2D eigenvalue weighted by atomic mass is 16.5. The zero-order chi connectivity index (χ0) is 44.5. The molecule has 0 N–H and O–H groups in total. The monoisotopic (exact) mass is 785 g/mol. The van der Waals surface area contributed by atoms with Crippen LogP contribution < -0.4 is 0 Å². The van der Waals surface area contributed by atoms with Crippen LogP contribution in [0, 0.1) is 33.1 Å². The van der Waals surface area contributed by atoms with Crippen molar-refractivity contribution >= 4 is 33.5 Å². The standard InChI is InChI=1S/C54H61N3O2/c1-29-17-43-47(55-28-29)57-44-26-38(32(4)19-39(44)40-24-37(50(8,9)10)25-42(45(40)57)52(43,14)15)46(58)33-21-34(23-36(22-33)49(5,6)7)48-56-53(16)41-20-31(3)30(2)18-35(41)27-54(53,59-48)51(11,12)13/h17-26,28H,27H2,1-16H3/t53-,54-/m1/s1/i27D2. The van der Waals surface area contributed by atoms with Crippen molar-refractivity contribution in [3.05, 3.63) is 139 Å². The SMILES string of the molecule is [2H]C1([2H])c2cc(C)c(C)cc2[C@@]2(C)N=C(c3cc(C(=O)c4cc5c(cc4C)c4cc(C(C)(C)C)cc6c4n5-c4ncc(C)cc4C6(C)C)cc(C(C)(C)C)c3)O[C@@]12C(C)(C)C. The first kappa shape index (κ1) is 37.0. The van der Waals surface area contributed by atoms with Gasteiger partial charge in [-0.05, 0) is 138 Å². The summed E-state index contributed by atoms with van der Waals surface area (Å²) in [6.07, 6.45) is 0.0845. The highest BCUT2D eigenvalue weighted by Gasteiger charge is 2.66. The van der Waals surface area contributed by atoms with Crippen molar-refractivity contribution in [3.63, 3.8) is 0 Å². The largest absolute Gasteiger partial charge is 0.467 e. The number of rotatable bonds is 3. The van der Waals surface area contributed by atoms with Gasteiger partial charge in [-0.3, -0.25) is 9.36 Å². The maximum atomic E-state index is 15.3. The third kappa shape index (κ3) is 5.45. The van der Waals surface area contributed by atoms with Crippen LogP contribution in [0.4, 0.5) is 0 Å². The quantitative estimate of drug-likeness (QED) is 0.168. The average molecular weight is 786 g/mol. The van der Waals surface area contributed by atoms with E-state index >= 15 is 4.79 Å². The molecule has 0 spiro atoms. The first-order valence-corrected chi connectivity index (χ1v) is 21.3. The number of aliphatic imine (C=N–C) groups is 1. The maximum absolute atomic E-state index is 15.3. The Balaban J connectivity index is 1.26. The lowest BCUT2D eigenvalue weighted by molar-refractivity contribution is -0.0673. The summed E-state index contributed by atoms with van der Waals surface area (Å²) in [7, 11) is 0. The Labute approximate surface area is 354 Å². The highest BCUT2D eigenvalue weighted by molar-refractivity contribution is 6.17. The van der Waals surface area contributed by atoms with Gasteiger partial charge in [-0.15, -0.1) is 0 Å². The molecule has 2 atom stereocenters. The molecule has 2 aliphatic heterocycles. The fourth-order valence-electron chi connectivity index (χ4n) is 10.1. The Morgan fingerprint density at radius 2 is 1.39 bits per heavy atom. The summed E-state index contributed by atoms with van der Waals surface area (Å²) in [6.45, 7) is 34.3. The number of ketones is 1. The summed E-state index contributed by atoms with van der Waals surface area (Å²) in [5.74, 6) is 1.18. The Morgan fingerprint density at radius 1 is 0.729 bits per heavy atom. The fourth-order valence-corrected chi connectivity index (χ4v) is 10.1. The second kappa shape index (κ2) is 12.0. The molecule has 5 nitrogen and oxygen atoms in total. The molecule has 5 heteroatoms. The first-order chi connectivity index (χ1) is 28.0. The second-order valence-electron chi connectivity index (χ2n) is 21.7. The number of pyridine rings is 1. The van der Waals surface area contributed by atoms with Crippen molar-refractivity contribution in [2.45, 2.75) is 145 Å². The highest BCUT2D eigenvalue weighted by Crippen LogP contribution is 2.60. The molecule has 6 aromatic rings. The van der Waals surface area contributed by atoms with Crippen LogP contribution in [0.25, 0.3) is 27.6 Å². The predicted octanol–water partition coefficient (Wildman–Crippen LogP) is 12.9. The van der Waals surface area contributed by atoms with Crippen molar-refractivity contribution in [2.24, 2.45) is 10.4 Å². The third-order valence-corrected chi connectivity index (χ3v) is 14.0. The molecular weight excluding hydrogens is 723 g/mol. The smallest absolute Gasteiger partial charge is 0.217 e. The van der Waals surface area contributed by atoms with Crippen LogP contribution >= 0.6 is 0 Å². The molecule has 0 saturated heterocycles. The van der Waals surface area contributed by atoms with Gasteiger partial charge in [0.1, 0.15) is 17.0 Å². The van der Waals surface area contributed by atoms with Crippen LogP contribution in [0.2, 0.25) is 0 Å². The van der Waals surface area contributed by atoms with Gasteiger partial charge in [-0.1, -0.05) is 94.4 Å². The van der Waals surface area contributed by atoms with Gasteiger partial charge in [0.05, 0.1) is 11.0 Å². The molecule has 0 amide bonds. The first-order valence-electron chi connectivity index (χ1n) is 22.3. The molecular formula is C54H61N3O2. The molecule has 0 radical (unpaired) electrons. The summed E-state index contributed by atoms with van der Waals surface area (Å²) < 4.78 is 29.0. The van der Waals surface area contributed by atoms with E-state index in [9.17, 15) is 2.74 Å².